The summed E-state index contributed by atoms with van der Waals surface area (Å²) in [7, 11) is 0. The Labute approximate surface area is 438 Å². The Bertz CT molecular complexity index is 2020. The van der Waals surface area contributed by atoms with Gasteiger partial charge in [-0.3, -0.25) is 29.0 Å². The van der Waals surface area contributed by atoms with Gasteiger partial charge in [0.2, 0.25) is 11.8 Å². The molecule has 0 aromatic carbocycles. The number of fused-ring (bicyclic) bond motifs is 3. The molecule has 2 amide bonds. The van der Waals surface area contributed by atoms with Crippen molar-refractivity contribution >= 4 is 47.6 Å². The molecule has 10 atom stereocenters. The highest BCUT2D eigenvalue weighted by Crippen LogP contribution is 2.57. The van der Waals surface area contributed by atoms with Crippen molar-refractivity contribution in [1.29, 1.82) is 0 Å². The summed E-state index contributed by atoms with van der Waals surface area (Å²) in [6.07, 6.45) is 8.34. The van der Waals surface area contributed by atoms with Crippen molar-refractivity contribution in [3.05, 3.63) is 22.8 Å². The molecule has 10 N–H and O–H groups in total. The van der Waals surface area contributed by atoms with Crippen LogP contribution in [0.1, 0.15) is 191 Å². The van der Waals surface area contributed by atoms with Crippen LogP contribution in [0.15, 0.2) is 27.8 Å². The second-order valence-corrected chi connectivity index (χ2v) is 21.3. The van der Waals surface area contributed by atoms with Crippen molar-refractivity contribution in [1.82, 2.24) is 10.6 Å². The van der Waals surface area contributed by atoms with E-state index in [1.165, 1.54) is 13.8 Å². The van der Waals surface area contributed by atoms with E-state index in [2.05, 4.69) is 22.5 Å². The van der Waals surface area contributed by atoms with Gasteiger partial charge >= 0.3 is 29.8 Å². The fourth-order valence-corrected chi connectivity index (χ4v) is 10.3. The Morgan fingerprint density at radius 3 is 1.96 bits per heavy atom. The van der Waals surface area contributed by atoms with Gasteiger partial charge in [-0.1, -0.05) is 97.5 Å². The largest absolute Gasteiger partial charge is 0.459 e. The summed E-state index contributed by atoms with van der Waals surface area (Å²) in [4.78, 5) is 96.8. The lowest BCUT2D eigenvalue weighted by molar-refractivity contribution is -0.212. The van der Waals surface area contributed by atoms with E-state index >= 15 is 0 Å². The molecule has 420 valence electrons. The lowest BCUT2D eigenvalue weighted by atomic mass is 9.75. The summed E-state index contributed by atoms with van der Waals surface area (Å²) in [5.41, 5.74) is 10.4. The number of rotatable bonds is 32. The van der Waals surface area contributed by atoms with Crippen molar-refractivity contribution in [3.8, 4) is 0 Å². The molecule has 0 radical (unpaired) electrons. The van der Waals surface area contributed by atoms with Crippen molar-refractivity contribution in [3.63, 3.8) is 0 Å². The molecule has 0 spiro atoms. The maximum absolute atomic E-state index is 13.7. The maximum atomic E-state index is 13.7. The van der Waals surface area contributed by atoms with Gasteiger partial charge in [0.1, 0.15) is 17.7 Å². The zero-order chi connectivity index (χ0) is 55.4. The minimum Gasteiger partial charge on any atom is -0.459 e. The Morgan fingerprint density at radius 2 is 1.41 bits per heavy atom. The summed E-state index contributed by atoms with van der Waals surface area (Å²) in [5, 5.41) is 30.4. The topological polar surface area (TPSA) is 321 Å². The quantitative estimate of drug-likeness (QED) is 0.00881. The fraction of sp³-hybridized carbons (Fsp3) is 0.778. The summed E-state index contributed by atoms with van der Waals surface area (Å²) in [5.74, 6) is -5.66. The summed E-state index contributed by atoms with van der Waals surface area (Å²) >= 11 is 0. The Balaban J connectivity index is 1.61. The van der Waals surface area contributed by atoms with Crippen LogP contribution in [0.25, 0.3) is 0 Å². The molecule has 20 heteroatoms. The normalized spacial score (nSPS) is 26.2. The Morgan fingerprint density at radius 1 is 0.838 bits per heavy atom. The van der Waals surface area contributed by atoms with Crippen LogP contribution in [-0.2, 0) is 57.2 Å². The molecule has 0 aromatic heterocycles. The predicted molar refractivity (Wildman–Crippen MR) is 277 cm³/mol. The molecule has 20 nitrogen and oxygen atoms in total. The van der Waals surface area contributed by atoms with Crippen molar-refractivity contribution < 1.29 is 67.5 Å². The first-order valence-corrected chi connectivity index (χ1v) is 27.0. The number of nitrogens with zero attached hydrogens (tertiary/aromatic N) is 1. The van der Waals surface area contributed by atoms with Crippen LogP contribution in [0.2, 0.25) is 0 Å². The highest BCUT2D eigenvalue weighted by Gasteiger charge is 2.76. The van der Waals surface area contributed by atoms with Crippen molar-refractivity contribution in [2.45, 2.75) is 244 Å². The third kappa shape index (κ3) is 17.5. The van der Waals surface area contributed by atoms with Crippen LogP contribution in [0.4, 0.5) is 0 Å². The van der Waals surface area contributed by atoms with Gasteiger partial charge < -0.3 is 61.7 Å². The third-order valence-corrected chi connectivity index (χ3v) is 14.6. The van der Waals surface area contributed by atoms with Gasteiger partial charge in [-0.15, -0.1) is 0 Å². The number of aliphatic hydroxyl groups is 2. The smallest absolute Gasteiger partial charge is 0.341 e. The van der Waals surface area contributed by atoms with Gasteiger partial charge in [-0.25, -0.2) is 9.59 Å². The molecule has 0 unspecified atom stereocenters. The first-order valence-electron chi connectivity index (χ1n) is 27.0. The number of ether oxygens (including phenoxy) is 5. The number of unbranched alkanes of at least 4 members (excludes halogenated alkanes) is 12. The van der Waals surface area contributed by atoms with Crippen LogP contribution >= 0.6 is 0 Å². The highest BCUT2D eigenvalue weighted by molar-refractivity contribution is 5.90. The van der Waals surface area contributed by atoms with E-state index in [0.717, 1.165) is 77.6 Å². The van der Waals surface area contributed by atoms with Crippen LogP contribution in [-0.4, -0.2) is 124 Å². The van der Waals surface area contributed by atoms with E-state index in [1.54, 1.807) is 26.8 Å². The van der Waals surface area contributed by atoms with Gasteiger partial charge in [0.25, 0.3) is 0 Å². The SMILES string of the molecule is C/C=C(/C)C(=O)O[C@H]1C(C)=C2[C@H]([C@@H]1OC(=O)CCCCCCC)[C@@](C)(OC(C)=O)C[C@H](OC(=O)CCCCCCCCCCCNC(=O)[C@H](CC(C)C)NC(=O)[C@@H](N)CCCN=C(N)N)[C@@]1(O)[C@H]2OC(=O)[C@@]1(C)O. The van der Waals surface area contributed by atoms with Gasteiger partial charge in [-0.2, -0.15) is 0 Å². The van der Waals surface area contributed by atoms with Crippen molar-refractivity contribution in [2.75, 3.05) is 13.1 Å². The number of aliphatic imine (C=N–C) groups is 1. The molecular weight excluding hydrogens is 957 g/mol. The monoisotopic (exact) mass is 1050 g/mol. The van der Waals surface area contributed by atoms with E-state index in [4.69, 9.17) is 40.9 Å². The zero-order valence-electron chi connectivity index (χ0n) is 45.7. The number of nitrogens with one attached hydrogen (secondary N) is 2. The molecular formula is C54H90N6O14. The number of hydrogen-bond acceptors (Lipinski definition) is 16. The number of nitrogens with two attached hydrogens (primary N) is 3. The first kappa shape index (κ1) is 63.2. The van der Waals surface area contributed by atoms with Crippen LogP contribution in [0.5, 0.6) is 0 Å². The number of carbonyl (C=O) groups is 7. The van der Waals surface area contributed by atoms with E-state index in [9.17, 15) is 43.8 Å². The Kier molecular flexibility index (Phi) is 25.5. The molecule has 0 aromatic rings. The number of allylic oxidation sites excluding steroid dienone is 1. The number of hydrogen-bond donors (Lipinski definition) is 7. The molecule has 1 saturated heterocycles. The average Bonchev–Trinajstić information content (AvgIpc) is 3.66. The molecule has 1 saturated carbocycles. The lowest BCUT2D eigenvalue weighted by Gasteiger charge is -2.41. The standard InChI is InChI=1S/C54H90N6O14/c1-10-12-13-19-22-28-41(63)71-45-43-42(35(6)44(45)72-49(66)34(5)11-2)46-54(69,53(9,68)50(67)73-46)39(32-52(43,8)74-36(7)61)70-40(62)27-23-20-17-15-14-16-18-21-24-29-58-48(65)38(31-33(3)4)60-47(64)37(55)26-25-30-59-51(56)57/h11,33,37-39,43-46,68-69H,10,12-32,55H2,1-9H3,(H,58,65)(H,60,64)(H4,56,57,59)/b34-11-/t37-,38-,39-,43+,44-,45-,46-,52-,53+,54+/m0/s1. The molecule has 3 aliphatic rings. The van der Waals surface area contributed by atoms with Gasteiger partial charge in [-0.05, 0) is 90.2 Å². The average molecular weight is 1050 g/mol. The van der Waals surface area contributed by atoms with E-state index in [0.29, 0.717) is 51.6 Å². The number of carbonyl (C=O) groups excluding carboxylic acids is 7. The van der Waals surface area contributed by atoms with Gasteiger partial charge in [0.15, 0.2) is 35.5 Å². The summed E-state index contributed by atoms with van der Waals surface area (Å²) < 4.78 is 30.1. The number of guanidine groups is 1. The number of amides is 2. The van der Waals surface area contributed by atoms with E-state index in [-0.39, 0.29) is 47.3 Å². The summed E-state index contributed by atoms with van der Waals surface area (Å²) in [6, 6.07) is -1.48. The van der Waals surface area contributed by atoms with E-state index < -0.39 is 101 Å². The Hall–Kier alpha value is -5.08. The van der Waals surface area contributed by atoms with Crippen LogP contribution in [0.3, 0.4) is 0 Å². The minimum atomic E-state index is -2.64. The molecule has 3 rings (SSSR count). The van der Waals surface area contributed by atoms with Crippen LogP contribution in [0, 0.1) is 11.8 Å². The van der Waals surface area contributed by atoms with Crippen LogP contribution < -0.4 is 27.8 Å². The van der Waals surface area contributed by atoms with Gasteiger partial charge in [0, 0.05) is 44.8 Å². The van der Waals surface area contributed by atoms with Gasteiger partial charge in [0.05, 0.1) is 12.0 Å². The second kappa shape index (κ2) is 29.9. The molecule has 1 aliphatic heterocycles. The summed E-state index contributed by atoms with van der Waals surface area (Å²) in [6.45, 7) is 15.4. The predicted octanol–water partition coefficient (Wildman–Crippen LogP) is 5.06. The fourth-order valence-electron chi connectivity index (χ4n) is 10.3. The minimum absolute atomic E-state index is 0.0250. The maximum Gasteiger partial charge on any atom is 0.341 e. The lowest BCUT2D eigenvalue weighted by Crippen LogP contribution is -2.64. The highest BCUT2D eigenvalue weighted by atomic mass is 16.6. The van der Waals surface area contributed by atoms with E-state index in [1.807, 2.05) is 13.8 Å². The van der Waals surface area contributed by atoms with Crippen molar-refractivity contribution in [2.24, 2.45) is 34.0 Å². The second-order valence-electron chi connectivity index (χ2n) is 21.3. The zero-order valence-corrected chi connectivity index (χ0v) is 45.7. The molecule has 74 heavy (non-hydrogen) atoms. The first-order chi connectivity index (χ1) is 34.9. The molecule has 0 bridgehead atoms. The molecule has 2 aliphatic carbocycles. The molecule has 1 heterocycles. The third-order valence-electron chi connectivity index (χ3n) is 14.6. The molecule has 2 fully saturated rings. The number of esters is 5.